The molecule has 2 nitrogen and oxygen atoms in total. The van der Waals surface area contributed by atoms with Crippen LogP contribution in [0.15, 0.2) is 0 Å². The summed E-state index contributed by atoms with van der Waals surface area (Å²) < 4.78 is 0. The lowest BCUT2D eigenvalue weighted by molar-refractivity contribution is -0.0536. The molecule has 82 valence electrons. The van der Waals surface area contributed by atoms with Crippen LogP contribution >= 0.6 is 12.6 Å². The van der Waals surface area contributed by atoms with Crippen molar-refractivity contribution in [2.75, 3.05) is 19.6 Å². The summed E-state index contributed by atoms with van der Waals surface area (Å²) in [6.07, 6.45) is 1.34. The van der Waals surface area contributed by atoms with Crippen molar-refractivity contribution in [3.05, 3.63) is 0 Å². The molecule has 0 aliphatic carbocycles. The van der Waals surface area contributed by atoms with Crippen LogP contribution in [-0.4, -0.2) is 46.9 Å². The standard InChI is InChI=1S/C11H22N2S/c1-8(2)12-5-4-11-10(6-12)7-13(11)9(3)14/h8-11,14H,4-7H2,1-3H3. The molecule has 2 rings (SSSR count). The number of nitrogens with zero attached hydrogens (tertiary/aromatic N) is 2. The molecule has 3 heteroatoms. The molecule has 0 bridgehead atoms. The smallest absolute Gasteiger partial charge is 0.0502 e. The summed E-state index contributed by atoms with van der Waals surface area (Å²) >= 11 is 4.52. The summed E-state index contributed by atoms with van der Waals surface area (Å²) in [5.41, 5.74) is 0. The fourth-order valence-electron chi connectivity index (χ4n) is 2.83. The Bertz CT molecular complexity index is 197. The number of piperidine rings is 1. The first-order valence-electron chi connectivity index (χ1n) is 5.77. The third-order valence-corrected chi connectivity index (χ3v) is 4.10. The van der Waals surface area contributed by atoms with Crippen molar-refractivity contribution < 1.29 is 0 Å². The van der Waals surface area contributed by atoms with Gasteiger partial charge < -0.3 is 4.90 Å². The molecule has 2 aliphatic rings. The van der Waals surface area contributed by atoms with E-state index in [1.807, 2.05) is 0 Å². The minimum Gasteiger partial charge on any atom is -0.300 e. The maximum atomic E-state index is 4.52. The zero-order valence-corrected chi connectivity index (χ0v) is 10.4. The van der Waals surface area contributed by atoms with Crippen LogP contribution in [0.5, 0.6) is 0 Å². The van der Waals surface area contributed by atoms with E-state index < -0.39 is 0 Å². The molecule has 2 aliphatic heterocycles. The monoisotopic (exact) mass is 214 g/mol. The topological polar surface area (TPSA) is 6.48 Å². The lowest BCUT2D eigenvalue weighted by atomic mass is 9.82. The van der Waals surface area contributed by atoms with E-state index in [4.69, 9.17) is 0 Å². The van der Waals surface area contributed by atoms with Gasteiger partial charge in [0.25, 0.3) is 0 Å². The molecule has 2 saturated heterocycles. The van der Waals surface area contributed by atoms with Crippen LogP contribution in [-0.2, 0) is 0 Å². The van der Waals surface area contributed by atoms with Gasteiger partial charge in [0.2, 0.25) is 0 Å². The summed E-state index contributed by atoms with van der Waals surface area (Å²) in [6, 6.07) is 1.55. The van der Waals surface area contributed by atoms with E-state index in [9.17, 15) is 0 Å². The Kier molecular flexibility index (Phi) is 3.10. The summed E-state index contributed by atoms with van der Waals surface area (Å²) in [6.45, 7) is 10.6. The Morgan fingerprint density at radius 1 is 1.21 bits per heavy atom. The molecular weight excluding hydrogens is 192 g/mol. The molecule has 0 saturated carbocycles. The Morgan fingerprint density at radius 3 is 2.43 bits per heavy atom. The van der Waals surface area contributed by atoms with Crippen molar-refractivity contribution in [3.63, 3.8) is 0 Å². The molecule has 0 amide bonds. The van der Waals surface area contributed by atoms with E-state index in [0.29, 0.717) is 5.37 Å². The Hall–Kier alpha value is 0.270. The first-order valence-corrected chi connectivity index (χ1v) is 6.29. The molecule has 0 aromatic carbocycles. The molecular formula is C11H22N2S. The van der Waals surface area contributed by atoms with Gasteiger partial charge in [0.05, 0.1) is 5.37 Å². The summed E-state index contributed by atoms with van der Waals surface area (Å²) in [5.74, 6) is 0.917. The predicted molar refractivity (Wildman–Crippen MR) is 63.8 cm³/mol. The van der Waals surface area contributed by atoms with Crippen LogP contribution < -0.4 is 0 Å². The molecule has 0 aromatic rings. The number of hydrogen-bond acceptors (Lipinski definition) is 3. The van der Waals surface area contributed by atoms with Crippen LogP contribution in [0, 0.1) is 5.92 Å². The number of rotatable bonds is 2. The summed E-state index contributed by atoms with van der Waals surface area (Å²) in [4.78, 5) is 5.15. The van der Waals surface area contributed by atoms with Gasteiger partial charge >= 0.3 is 0 Å². The SMILES string of the molecule is CC(C)N1CCC2C(C1)CN2C(C)S. The third kappa shape index (κ3) is 1.82. The van der Waals surface area contributed by atoms with Crippen molar-refractivity contribution in [2.45, 2.75) is 44.6 Å². The molecule has 2 fully saturated rings. The molecule has 2 heterocycles. The Labute approximate surface area is 93.1 Å². The van der Waals surface area contributed by atoms with E-state index in [1.165, 1.54) is 26.1 Å². The van der Waals surface area contributed by atoms with Gasteiger partial charge in [0.15, 0.2) is 0 Å². The summed E-state index contributed by atoms with van der Waals surface area (Å²) in [7, 11) is 0. The quantitative estimate of drug-likeness (QED) is 0.699. The van der Waals surface area contributed by atoms with Gasteiger partial charge in [-0.3, -0.25) is 4.90 Å². The lowest BCUT2D eigenvalue weighted by Crippen LogP contribution is -2.65. The fraction of sp³-hybridized carbons (Fsp3) is 1.00. The molecule has 14 heavy (non-hydrogen) atoms. The van der Waals surface area contributed by atoms with Crippen LogP contribution in [0.1, 0.15) is 27.2 Å². The lowest BCUT2D eigenvalue weighted by Gasteiger charge is -2.55. The summed E-state index contributed by atoms with van der Waals surface area (Å²) in [5, 5.41) is 0.446. The maximum absolute atomic E-state index is 4.52. The molecule has 0 radical (unpaired) electrons. The normalized spacial score (nSPS) is 36.6. The number of thiol groups is 1. The van der Waals surface area contributed by atoms with E-state index in [1.54, 1.807) is 0 Å². The highest BCUT2D eigenvalue weighted by Crippen LogP contribution is 2.35. The van der Waals surface area contributed by atoms with Crippen LogP contribution in [0.3, 0.4) is 0 Å². The Balaban J connectivity index is 1.87. The number of hydrogen-bond donors (Lipinski definition) is 1. The zero-order valence-electron chi connectivity index (χ0n) is 9.48. The second-order valence-corrected chi connectivity index (χ2v) is 5.78. The molecule has 0 spiro atoms. The minimum absolute atomic E-state index is 0.446. The minimum atomic E-state index is 0.446. The van der Waals surface area contributed by atoms with Crippen LogP contribution in [0.4, 0.5) is 0 Å². The van der Waals surface area contributed by atoms with Gasteiger partial charge in [-0.2, -0.15) is 12.6 Å². The highest BCUT2D eigenvalue weighted by Gasteiger charge is 2.43. The molecule has 3 unspecified atom stereocenters. The van der Waals surface area contributed by atoms with E-state index >= 15 is 0 Å². The van der Waals surface area contributed by atoms with E-state index in [2.05, 4.69) is 43.2 Å². The van der Waals surface area contributed by atoms with Gasteiger partial charge in [0, 0.05) is 25.2 Å². The first-order chi connectivity index (χ1) is 6.59. The highest BCUT2D eigenvalue weighted by molar-refractivity contribution is 7.80. The molecule has 3 atom stereocenters. The third-order valence-electron chi connectivity index (χ3n) is 3.81. The van der Waals surface area contributed by atoms with Gasteiger partial charge in [0.1, 0.15) is 0 Å². The van der Waals surface area contributed by atoms with Gasteiger partial charge in [-0.1, -0.05) is 0 Å². The van der Waals surface area contributed by atoms with Crippen molar-refractivity contribution in [3.8, 4) is 0 Å². The molecule has 0 N–H and O–H groups in total. The largest absolute Gasteiger partial charge is 0.300 e. The van der Waals surface area contributed by atoms with Crippen LogP contribution in [0.2, 0.25) is 0 Å². The second-order valence-electron chi connectivity index (χ2n) is 5.03. The number of fused-ring (bicyclic) bond motifs is 1. The average Bonchev–Trinajstić information content (AvgIpc) is 2.05. The first kappa shape index (κ1) is 10.8. The predicted octanol–water partition coefficient (Wildman–Crippen LogP) is 1.68. The fourth-order valence-corrected chi connectivity index (χ4v) is 3.10. The molecule has 0 aromatic heterocycles. The van der Waals surface area contributed by atoms with Crippen molar-refractivity contribution in [2.24, 2.45) is 5.92 Å². The van der Waals surface area contributed by atoms with Crippen LogP contribution in [0.25, 0.3) is 0 Å². The van der Waals surface area contributed by atoms with Crippen molar-refractivity contribution in [1.82, 2.24) is 9.80 Å². The highest BCUT2D eigenvalue weighted by atomic mass is 32.1. The number of likely N-dealkylation sites (tertiary alicyclic amines) is 2. The maximum Gasteiger partial charge on any atom is 0.0502 e. The van der Waals surface area contributed by atoms with Gasteiger partial charge in [-0.15, -0.1) is 0 Å². The van der Waals surface area contributed by atoms with Crippen molar-refractivity contribution >= 4 is 12.6 Å². The van der Waals surface area contributed by atoms with E-state index in [-0.39, 0.29) is 0 Å². The van der Waals surface area contributed by atoms with Gasteiger partial charge in [-0.25, -0.2) is 0 Å². The Morgan fingerprint density at radius 2 is 1.93 bits per heavy atom. The van der Waals surface area contributed by atoms with Crippen molar-refractivity contribution in [1.29, 1.82) is 0 Å². The van der Waals surface area contributed by atoms with E-state index in [0.717, 1.165) is 18.0 Å². The zero-order chi connectivity index (χ0) is 10.3. The average molecular weight is 214 g/mol. The second kappa shape index (κ2) is 4.03. The van der Waals surface area contributed by atoms with Gasteiger partial charge in [-0.05, 0) is 39.7 Å².